The van der Waals surface area contributed by atoms with Crippen LogP contribution < -0.4 is 10.6 Å². The van der Waals surface area contributed by atoms with Crippen LogP contribution in [0.2, 0.25) is 5.02 Å². The lowest BCUT2D eigenvalue weighted by molar-refractivity contribution is 0.194. The summed E-state index contributed by atoms with van der Waals surface area (Å²) in [6, 6.07) is 7.62. The Morgan fingerprint density at radius 3 is 2.90 bits per heavy atom. The summed E-state index contributed by atoms with van der Waals surface area (Å²) < 4.78 is 33.4. The summed E-state index contributed by atoms with van der Waals surface area (Å²) in [6.07, 6.45) is 0.801. The van der Waals surface area contributed by atoms with Crippen molar-refractivity contribution >= 4 is 34.2 Å². The zero-order chi connectivity index (χ0) is 20.8. The van der Waals surface area contributed by atoms with Gasteiger partial charge in [0.25, 0.3) is 0 Å². The normalized spacial score (nSPS) is 11.9. The SMILES string of the molecule is COCCCNCc1nc2c(F)c(F)cc(/C(=N/O)Nc3cccc(Cl)c3)c2[nH]1. The van der Waals surface area contributed by atoms with E-state index in [1.165, 1.54) is 0 Å². The number of nitrogens with one attached hydrogen (secondary N) is 3. The molecule has 0 radical (unpaired) electrons. The molecule has 2 aromatic carbocycles. The topological polar surface area (TPSA) is 94.6 Å². The van der Waals surface area contributed by atoms with Crippen molar-refractivity contribution in [1.82, 2.24) is 15.3 Å². The Morgan fingerprint density at radius 2 is 2.17 bits per heavy atom. The zero-order valence-corrected chi connectivity index (χ0v) is 16.4. The van der Waals surface area contributed by atoms with E-state index in [9.17, 15) is 14.0 Å². The third kappa shape index (κ3) is 5.00. The van der Waals surface area contributed by atoms with Gasteiger partial charge in [0.2, 0.25) is 0 Å². The standard InChI is InChI=1S/C19H20ClF2N5O2/c1-29-7-3-6-23-10-15-25-17-13(9-14(21)16(22)18(17)26-15)19(27-28)24-12-5-2-4-11(20)8-12/h2,4-5,8-9,23,28H,3,6-7,10H2,1H3,(H,24,27)(H,25,26). The van der Waals surface area contributed by atoms with Gasteiger partial charge < -0.3 is 25.6 Å². The monoisotopic (exact) mass is 423 g/mol. The van der Waals surface area contributed by atoms with E-state index in [1.807, 2.05) is 0 Å². The van der Waals surface area contributed by atoms with Crippen molar-refractivity contribution in [2.24, 2.45) is 5.16 Å². The number of aromatic amines is 1. The number of methoxy groups -OCH3 is 1. The van der Waals surface area contributed by atoms with E-state index < -0.39 is 11.6 Å². The van der Waals surface area contributed by atoms with E-state index in [1.54, 1.807) is 31.4 Å². The molecule has 154 valence electrons. The minimum atomic E-state index is -1.10. The highest BCUT2D eigenvalue weighted by atomic mass is 35.5. The Hall–Kier alpha value is -2.75. The fourth-order valence-electron chi connectivity index (χ4n) is 2.82. The third-order valence-electron chi connectivity index (χ3n) is 4.15. The van der Waals surface area contributed by atoms with Crippen LogP contribution in [-0.2, 0) is 11.3 Å². The predicted molar refractivity (Wildman–Crippen MR) is 108 cm³/mol. The second-order valence-corrected chi connectivity index (χ2v) is 6.67. The van der Waals surface area contributed by atoms with Crippen LogP contribution in [0.3, 0.4) is 0 Å². The molecule has 0 saturated heterocycles. The Labute approximate surface area is 170 Å². The van der Waals surface area contributed by atoms with Crippen LogP contribution in [0.1, 0.15) is 17.8 Å². The summed E-state index contributed by atoms with van der Waals surface area (Å²) in [5, 5.41) is 19.1. The van der Waals surface area contributed by atoms with Crippen LogP contribution in [0.5, 0.6) is 0 Å². The molecule has 3 rings (SSSR count). The van der Waals surface area contributed by atoms with Gasteiger partial charge in [0.1, 0.15) is 11.3 Å². The molecule has 0 atom stereocenters. The lowest BCUT2D eigenvalue weighted by Gasteiger charge is -2.10. The van der Waals surface area contributed by atoms with Crippen LogP contribution >= 0.6 is 11.6 Å². The largest absolute Gasteiger partial charge is 0.409 e. The number of amidine groups is 1. The number of fused-ring (bicyclic) bond motifs is 1. The van der Waals surface area contributed by atoms with Crippen molar-refractivity contribution in [3.05, 3.63) is 58.4 Å². The van der Waals surface area contributed by atoms with E-state index >= 15 is 0 Å². The van der Waals surface area contributed by atoms with Crippen LogP contribution in [0.4, 0.5) is 14.5 Å². The fraction of sp³-hybridized carbons (Fsp3) is 0.263. The highest BCUT2D eigenvalue weighted by Crippen LogP contribution is 2.25. The van der Waals surface area contributed by atoms with Gasteiger partial charge in [0, 0.05) is 30.0 Å². The molecular weight excluding hydrogens is 404 g/mol. The van der Waals surface area contributed by atoms with E-state index in [2.05, 4.69) is 25.8 Å². The van der Waals surface area contributed by atoms with Gasteiger partial charge in [-0.1, -0.05) is 22.8 Å². The van der Waals surface area contributed by atoms with Crippen molar-refractivity contribution in [3.8, 4) is 0 Å². The second-order valence-electron chi connectivity index (χ2n) is 6.23. The first-order valence-corrected chi connectivity index (χ1v) is 9.22. The molecule has 0 fully saturated rings. The van der Waals surface area contributed by atoms with Crippen molar-refractivity contribution in [1.29, 1.82) is 0 Å². The van der Waals surface area contributed by atoms with E-state index in [0.717, 1.165) is 12.5 Å². The van der Waals surface area contributed by atoms with Crippen molar-refractivity contribution < 1.29 is 18.7 Å². The number of benzene rings is 2. The third-order valence-corrected chi connectivity index (χ3v) is 4.38. The number of rotatable bonds is 8. The lowest BCUT2D eigenvalue weighted by Crippen LogP contribution is -2.17. The maximum atomic E-state index is 14.3. The first-order valence-electron chi connectivity index (χ1n) is 8.84. The summed E-state index contributed by atoms with van der Waals surface area (Å²) in [5.74, 6) is -1.85. The first kappa shape index (κ1) is 21.0. The molecule has 1 heterocycles. The quantitative estimate of drug-likeness (QED) is 0.145. The number of imidazole rings is 1. The van der Waals surface area contributed by atoms with Crippen LogP contribution in [0.25, 0.3) is 11.0 Å². The molecule has 1 aromatic heterocycles. The Kier molecular flexibility index (Phi) is 6.97. The Bertz CT molecular complexity index is 1030. The van der Waals surface area contributed by atoms with Gasteiger partial charge in [0.05, 0.1) is 12.1 Å². The predicted octanol–water partition coefficient (Wildman–Crippen LogP) is 3.87. The van der Waals surface area contributed by atoms with Gasteiger partial charge in [-0.25, -0.2) is 13.8 Å². The molecule has 0 spiro atoms. The number of ether oxygens (including phenoxy) is 1. The number of hydrogen-bond acceptors (Lipinski definition) is 5. The van der Waals surface area contributed by atoms with E-state index in [4.69, 9.17) is 16.3 Å². The highest BCUT2D eigenvalue weighted by molar-refractivity contribution is 6.31. The smallest absolute Gasteiger partial charge is 0.186 e. The van der Waals surface area contributed by atoms with Gasteiger partial charge in [-0.3, -0.25) is 0 Å². The van der Waals surface area contributed by atoms with Gasteiger partial charge >= 0.3 is 0 Å². The molecular formula is C19H20ClF2N5O2. The van der Waals surface area contributed by atoms with Crippen LogP contribution in [0.15, 0.2) is 35.5 Å². The molecule has 0 bridgehead atoms. The number of oxime groups is 1. The molecule has 10 heteroatoms. The highest BCUT2D eigenvalue weighted by Gasteiger charge is 2.20. The molecule has 0 amide bonds. The summed E-state index contributed by atoms with van der Waals surface area (Å²) in [5.41, 5.74) is 0.671. The molecule has 0 saturated carbocycles. The number of hydrogen-bond donors (Lipinski definition) is 4. The number of nitrogens with zero attached hydrogens (tertiary/aromatic N) is 2. The summed E-state index contributed by atoms with van der Waals surface area (Å²) >= 11 is 5.96. The van der Waals surface area contributed by atoms with Crippen molar-refractivity contribution in [2.75, 3.05) is 25.6 Å². The lowest BCUT2D eigenvalue weighted by atomic mass is 10.1. The molecule has 0 aliphatic rings. The summed E-state index contributed by atoms with van der Waals surface area (Å²) in [6.45, 7) is 1.61. The molecule has 3 aromatic rings. The minimum absolute atomic E-state index is 0.0839. The molecule has 4 N–H and O–H groups in total. The number of anilines is 1. The van der Waals surface area contributed by atoms with Gasteiger partial charge in [-0.05, 0) is 37.2 Å². The average molecular weight is 424 g/mol. The van der Waals surface area contributed by atoms with Gasteiger partial charge in [-0.2, -0.15) is 0 Å². The number of aromatic nitrogens is 2. The zero-order valence-electron chi connectivity index (χ0n) is 15.6. The fourth-order valence-corrected chi connectivity index (χ4v) is 3.01. The van der Waals surface area contributed by atoms with Gasteiger partial charge in [0.15, 0.2) is 17.5 Å². The molecule has 0 aliphatic heterocycles. The molecule has 7 nitrogen and oxygen atoms in total. The van der Waals surface area contributed by atoms with E-state index in [0.29, 0.717) is 36.2 Å². The maximum absolute atomic E-state index is 14.3. The van der Waals surface area contributed by atoms with Crippen molar-refractivity contribution in [3.63, 3.8) is 0 Å². The second kappa shape index (κ2) is 9.64. The Morgan fingerprint density at radius 1 is 1.34 bits per heavy atom. The summed E-state index contributed by atoms with van der Waals surface area (Å²) in [7, 11) is 1.62. The number of H-pyrrole nitrogens is 1. The average Bonchev–Trinajstić information content (AvgIpc) is 3.13. The first-order chi connectivity index (χ1) is 14.0. The molecule has 29 heavy (non-hydrogen) atoms. The summed E-state index contributed by atoms with van der Waals surface area (Å²) in [4.78, 5) is 7.11. The molecule has 0 unspecified atom stereocenters. The maximum Gasteiger partial charge on any atom is 0.186 e. The van der Waals surface area contributed by atoms with Crippen LogP contribution in [-0.4, -0.2) is 41.3 Å². The molecule has 0 aliphatic carbocycles. The van der Waals surface area contributed by atoms with Crippen molar-refractivity contribution in [2.45, 2.75) is 13.0 Å². The minimum Gasteiger partial charge on any atom is -0.409 e. The Balaban J connectivity index is 1.90. The van der Waals surface area contributed by atoms with Crippen LogP contribution in [0, 0.1) is 11.6 Å². The van der Waals surface area contributed by atoms with E-state index in [-0.39, 0.29) is 22.4 Å². The number of halogens is 3. The van der Waals surface area contributed by atoms with Gasteiger partial charge in [-0.15, -0.1) is 0 Å².